The summed E-state index contributed by atoms with van der Waals surface area (Å²) in [5.41, 5.74) is 4.65. The van der Waals surface area contributed by atoms with Gasteiger partial charge in [0.25, 0.3) is 5.91 Å². The molecule has 5 nitrogen and oxygen atoms in total. The topological polar surface area (TPSA) is 80.9 Å². The summed E-state index contributed by atoms with van der Waals surface area (Å²) in [5.74, 6) is 4.72. The van der Waals surface area contributed by atoms with Crippen LogP contribution in [-0.4, -0.2) is 15.5 Å². The van der Waals surface area contributed by atoms with Gasteiger partial charge in [0.1, 0.15) is 10.6 Å². The number of nitrogen functional groups attached to an aromatic ring is 1. The van der Waals surface area contributed by atoms with E-state index in [-0.39, 0.29) is 5.91 Å². The predicted octanol–water partition coefficient (Wildman–Crippen LogP) is 1.12. The quantitative estimate of drug-likeness (QED) is 0.463. The zero-order chi connectivity index (χ0) is 11.5. The minimum Gasteiger partial charge on any atom is -0.289 e. The largest absolute Gasteiger partial charge is 0.289 e. The molecule has 2 aromatic rings. The molecule has 0 bridgehead atoms. The molecular weight excluding hydrogens is 224 g/mol. The molecule has 16 heavy (non-hydrogen) atoms. The monoisotopic (exact) mass is 234 g/mol. The smallest absolute Gasteiger partial charge is 0.279 e. The van der Waals surface area contributed by atoms with Crippen LogP contribution in [-0.2, 0) is 0 Å². The molecular formula is C10H10N4OS. The summed E-state index contributed by atoms with van der Waals surface area (Å²) in [6.45, 7) is 2.00. The number of nitrogens with two attached hydrogens (primary N) is 1. The van der Waals surface area contributed by atoms with Crippen molar-refractivity contribution >= 4 is 17.4 Å². The molecule has 1 heterocycles. The molecule has 1 aromatic heterocycles. The Labute approximate surface area is 96.4 Å². The number of carbonyl (C=O) groups is 1. The van der Waals surface area contributed by atoms with E-state index in [1.807, 2.05) is 31.2 Å². The molecule has 1 amide bonds. The van der Waals surface area contributed by atoms with E-state index in [9.17, 15) is 4.79 Å². The molecule has 0 aliphatic rings. The average Bonchev–Trinajstić information content (AvgIpc) is 2.78. The van der Waals surface area contributed by atoms with Gasteiger partial charge in [-0.05, 0) is 18.5 Å². The summed E-state index contributed by atoms with van der Waals surface area (Å²) in [6.07, 6.45) is 0. The number of hydrogen-bond donors (Lipinski definition) is 2. The van der Waals surface area contributed by atoms with E-state index in [4.69, 9.17) is 5.84 Å². The van der Waals surface area contributed by atoms with Crippen molar-refractivity contribution < 1.29 is 4.79 Å². The van der Waals surface area contributed by atoms with Crippen LogP contribution < -0.4 is 11.3 Å². The first-order valence-electron chi connectivity index (χ1n) is 4.62. The molecule has 0 aliphatic carbocycles. The van der Waals surface area contributed by atoms with E-state index in [1.54, 1.807) is 0 Å². The van der Waals surface area contributed by atoms with Crippen LogP contribution in [0.4, 0.5) is 0 Å². The first kappa shape index (κ1) is 10.7. The maximum Gasteiger partial charge on any atom is 0.279 e. The van der Waals surface area contributed by atoms with Crippen LogP contribution in [0.3, 0.4) is 0 Å². The van der Waals surface area contributed by atoms with Gasteiger partial charge in [-0.3, -0.25) is 10.2 Å². The first-order chi connectivity index (χ1) is 7.72. The van der Waals surface area contributed by atoms with Gasteiger partial charge in [0.2, 0.25) is 0 Å². The molecule has 2 rings (SSSR count). The third-order valence-corrected chi connectivity index (χ3v) is 2.87. The fraction of sp³-hybridized carbons (Fsp3) is 0.100. The Balaban J connectivity index is 2.44. The average molecular weight is 234 g/mol. The Morgan fingerprint density at radius 1 is 1.38 bits per heavy atom. The van der Waals surface area contributed by atoms with Crippen LogP contribution in [0, 0.1) is 6.92 Å². The second-order valence-electron chi connectivity index (χ2n) is 3.29. The molecule has 0 fully saturated rings. The number of benzene rings is 1. The van der Waals surface area contributed by atoms with Crippen LogP contribution in [0.5, 0.6) is 0 Å². The molecule has 82 valence electrons. The highest BCUT2D eigenvalue weighted by Crippen LogP contribution is 2.23. The summed E-state index contributed by atoms with van der Waals surface area (Å²) in [4.78, 5) is 11.9. The van der Waals surface area contributed by atoms with Crippen molar-refractivity contribution in [2.45, 2.75) is 6.92 Å². The standard InChI is InChI=1S/C10H10N4OS/c1-6-2-4-7(5-3-6)8-9(10(15)12-11)16-14-13-8/h2-5H,11H2,1H3,(H,12,15). The molecule has 0 aliphatic heterocycles. The van der Waals surface area contributed by atoms with Crippen molar-refractivity contribution in [1.82, 2.24) is 15.0 Å². The lowest BCUT2D eigenvalue weighted by Gasteiger charge is -2.00. The molecule has 0 saturated carbocycles. The molecule has 0 atom stereocenters. The van der Waals surface area contributed by atoms with E-state index in [2.05, 4.69) is 15.0 Å². The van der Waals surface area contributed by atoms with Crippen molar-refractivity contribution in [3.8, 4) is 11.3 Å². The molecule has 3 N–H and O–H groups in total. The normalized spacial score (nSPS) is 10.1. The second kappa shape index (κ2) is 4.38. The Hall–Kier alpha value is -1.79. The number of hydrazine groups is 1. The van der Waals surface area contributed by atoms with E-state index >= 15 is 0 Å². The van der Waals surface area contributed by atoms with Crippen LogP contribution in [0.2, 0.25) is 0 Å². The lowest BCUT2D eigenvalue weighted by atomic mass is 10.1. The van der Waals surface area contributed by atoms with Crippen molar-refractivity contribution in [1.29, 1.82) is 0 Å². The van der Waals surface area contributed by atoms with E-state index < -0.39 is 0 Å². The van der Waals surface area contributed by atoms with Crippen LogP contribution in [0.15, 0.2) is 24.3 Å². The number of aryl methyl sites for hydroxylation is 1. The molecule has 6 heteroatoms. The predicted molar refractivity (Wildman–Crippen MR) is 61.7 cm³/mol. The van der Waals surface area contributed by atoms with Crippen molar-refractivity contribution in [2.75, 3.05) is 0 Å². The van der Waals surface area contributed by atoms with E-state index in [0.717, 1.165) is 22.7 Å². The van der Waals surface area contributed by atoms with Gasteiger partial charge in [-0.1, -0.05) is 34.3 Å². The zero-order valence-corrected chi connectivity index (χ0v) is 9.41. The molecule has 0 unspecified atom stereocenters. The molecule has 0 saturated heterocycles. The maximum atomic E-state index is 11.4. The fourth-order valence-corrected chi connectivity index (χ4v) is 1.90. The molecule has 1 aromatic carbocycles. The highest BCUT2D eigenvalue weighted by Gasteiger charge is 2.16. The third kappa shape index (κ3) is 1.93. The first-order valence-corrected chi connectivity index (χ1v) is 5.40. The van der Waals surface area contributed by atoms with Crippen LogP contribution in [0.1, 0.15) is 15.2 Å². The van der Waals surface area contributed by atoms with Crippen LogP contribution in [0.25, 0.3) is 11.3 Å². The summed E-state index contributed by atoms with van der Waals surface area (Å²) in [7, 11) is 0. The minimum atomic E-state index is -0.370. The zero-order valence-electron chi connectivity index (χ0n) is 8.60. The Kier molecular flexibility index (Phi) is 2.93. The highest BCUT2D eigenvalue weighted by atomic mass is 32.1. The number of nitrogens with zero attached hydrogens (tertiary/aromatic N) is 2. The lowest BCUT2D eigenvalue weighted by molar-refractivity contribution is 0.0958. The minimum absolute atomic E-state index is 0.370. The Bertz CT molecular complexity index is 506. The summed E-state index contributed by atoms with van der Waals surface area (Å²) in [6, 6.07) is 7.72. The lowest BCUT2D eigenvalue weighted by Crippen LogP contribution is -2.29. The van der Waals surface area contributed by atoms with Gasteiger partial charge in [-0.15, -0.1) is 5.10 Å². The van der Waals surface area contributed by atoms with Crippen molar-refractivity contribution in [2.24, 2.45) is 5.84 Å². The van der Waals surface area contributed by atoms with Gasteiger partial charge in [0.15, 0.2) is 0 Å². The van der Waals surface area contributed by atoms with E-state index in [0.29, 0.717) is 10.6 Å². The highest BCUT2D eigenvalue weighted by molar-refractivity contribution is 7.08. The number of nitrogens with one attached hydrogen (secondary N) is 1. The number of aromatic nitrogens is 2. The fourth-order valence-electron chi connectivity index (χ4n) is 1.31. The summed E-state index contributed by atoms with van der Waals surface area (Å²) >= 11 is 1.03. The van der Waals surface area contributed by atoms with Gasteiger partial charge < -0.3 is 0 Å². The third-order valence-electron chi connectivity index (χ3n) is 2.15. The molecule has 0 radical (unpaired) electrons. The van der Waals surface area contributed by atoms with E-state index in [1.165, 1.54) is 0 Å². The number of amides is 1. The molecule has 0 spiro atoms. The van der Waals surface area contributed by atoms with Gasteiger partial charge in [0.05, 0.1) is 0 Å². The Morgan fingerprint density at radius 3 is 2.69 bits per heavy atom. The van der Waals surface area contributed by atoms with Gasteiger partial charge in [-0.2, -0.15) is 0 Å². The Morgan fingerprint density at radius 2 is 2.06 bits per heavy atom. The number of hydrogen-bond acceptors (Lipinski definition) is 5. The maximum absolute atomic E-state index is 11.4. The van der Waals surface area contributed by atoms with Gasteiger partial charge in [0, 0.05) is 5.56 Å². The summed E-state index contributed by atoms with van der Waals surface area (Å²) in [5, 5.41) is 3.94. The van der Waals surface area contributed by atoms with Gasteiger partial charge >= 0.3 is 0 Å². The summed E-state index contributed by atoms with van der Waals surface area (Å²) < 4.78 is 3.77. The van der Waals surface area contributed by atoms with Gasteiger partial charge in [-0.25, -0.2) is 5.84 Å². The van der Waals surface area contributed by atoms with Crippen molar-refractivity contribution in [3.05, 3.63) is 34.7 Å². The van der Waals surface area contributed by atoms with Crippen molar-refractivity contribution in [3.63, 3.8) is 0 Å². The number of carbonyl (C=O) groups excluding carboxylic acids is 1. The van der Waals surface area contributed by atoms with Crippen LogP contribution >= 0.6 is 11.5 Å². The SMILES string of the molecule is Cc1ccc(-c2nnsc2C(=O)NN)cc1. The second-order valence-corrected chi connectivity index (χ2v) is 4.04. The number of rotatable bonds is 2.